The van der Waals surface area contributed by atoms with E-state index in [0.717, 1.165) is 34.1 Å². The zero-order valence-corrected chi connectivity index (χ0v) is 30.6. The SMILES string of the molecule is CCOc1cc([C@@H]2C(=C(O)c3ccc4c(c3)C[C@@H](C)O4)C(=O)C(=O)N2c2nnc(SCc3cccc4ccccc34)s2)ccc1OCCC(C)C. The summed E-state index contributed by atoms with van der Waals surface area (Å²) in [6, 6.07) is 24.1. The number of amides is 1. The van der Waals surface area contributed by atoms with Gasteiger partial charge in [-0.05, 0) is 84.0 Å². The number of aliphatic hydroxyl groups excluding tert-OH is 1. The van der Waals surface area contributed by atoms with E-state index in [2.05, 4.69) is 48.3 Å². The molecule has 1 amide bonds. The maximum atomic E-state index is 14.0. The van der Waals surface area contributed by atoms with Crippen LogP contribution in [0.2, 0.25) is 0 Å². The molecule has 1 fully saturated rings. The highest BCUT2D eigenvalue weighted by atomic mass is 32.2. The number of fused-ring (bicyclic) bond motifs is 2. The van der Waals surface area contributed by atoms with Gasteiger partial charge in [-0.25, -0.2) is 0 Å². The number of carbonyl (C=O) groups is 2. The van der Waals surface area contributed by atoms with Crippen LogP contribution < -0.4 is 19.1 Å². The van der Waals surface area contributed by atoms with Gasteiger partial charge < -0.3 is 19.3 Å². The van der Waals surface area contributed by atoms with Crippen LogP contribution in [0.3, 0.4) is 0 Å². The van der Waals surface area contributed by atoms with Crippen molar-refractivity contribution in [2.45, 2.75) is 62.8 Å². The molecule has 0 radical (unpaired) electrons. The summed E-state index contributed by atoms with van der Waals surface area (Å²) in [4.78, 5) is 29.3. The molecule has 0 unspecified atom stereocenters. The van der Waals surface area contributed by atoms with E-state index in [1.807, 2.05) is 38.1 Å². The Kier molecular flexibility index (Phi) is 10.0. The highest BCUT2D eigenvalue weighted by Gasteiger charge is 2.48. The molecule has 4 aromatic carbocycles. The first-order valence-corrected chi connectivity index (χ1v) is 19.0. The van der Waals surface area contributed by atoms with Gasteiger partial charge in [0.25, 0.3) is 5.78 Å². The molecular weight excluding hydrogens is 683 g/mol. The summed E-state index contributed by atoms with van der Waals surface area (Å²) >= 11 is 2.75. The topological polar surface area (TPSA) is 111 Å². The first-order chi connectivity index (χ1) is 24.7. The molecule has 1 N–H and O–H groups in total. The number of benzene rings is 4. The number of hydrogen-bond donors (Lipinski definition) is 1. The Bertz CT molecular complexity index is 2140. The Labute approximate surface area is 305 Å². The molecule has 2 atom stereocenters. The van der Waals surface area contributed by atoms with E-state index in [0.29, 0.717) is 58.3 Å². The van der Waals surface area contributed by atoms with E-state index >= 15 is 0 Å². The van der Waals surface area contributed by atoms with Crippen molar-refractivity contribution in [3.05, 3.63) is 107 Å². The van der Waals surface area contributed by atoms with Crippen LogP contribution >= 0.6 is 23.1 Å². The number of aliphatic hydroxyl groups is 1. The van der Waals surface area contributed by atoms with Crippen LogP contribution in [-0.4, -0.2) is 46.3 Å². The maximum absolute atomic E-state index is 14.0. The summed E-state index contributed by atoms with van der Waals surface area (Å²) in [5.74, 6) is 1.03. The predicted molar refractivity (Wildman–Crippen MR) is 201 cm³/mol. The number of rotatable bonds is 12. The van der Waals surface area contributed by atoms with Gasteiger partial charge in [0, 0.05) is 17.7 Å². The number of nitrogens with zero attached hydrogens (tertiary/aromatic N) is 3. The highest BCUT2D eigenvalue weighted by Crippen LogP contribution is 2.46. The second-order valence-corrected chi connectivity index (χ2v) is 15.3. The minimum absolute atomic E-state index is 0.00585. The van der Waals surface area contributed by atoms with Crippen LogP contribution in [0.5, 0.6) is 17.2 Å². The first-order valence-electron chi connectivity index (χ1n) is 17.1. The highest BCUT2D eigenvalue weighted by molar-refractivity contribution is 8.00. The number of ketones is 1. The summed E-state index contributed by atoms with van der Waals surface area (Å²) < 4.78 is 18.6. The summed E-state index contributed by atoms with van der Waals surface area (Å²) in [6.45, 7) is 9.03. The second kappa shape index (κ2) is 14.8. The third-order valence-electron chi connectivity index (χ3n) is 8.98. The Morgan fingerprint density at radius 1 is 1.02 bits per heavy atom. The minimum Gasteiger partial charge on any atom is -0.507 e. The Morgan fingerprint density at radius 2 is 1.84 bits per heavy atom. The van der Waals surface area contributed by atoms with Crippen molar-refractivity contribution >= 4 is 56.5 Å². The van der Waals surface area contributed by atoms with Crippen LogP contribution in [0, 0.1) is 5.92 Å². The molecule has 0 bridgehead atoms. The fourth-order valence-electron chi connectivity index (χ4n) is 6.47. The molecule has 2 aliphatic rings. The minimum atomic E-state index is -0.999. The molecule has 262 valence electrons. The average molecular weight is 722 g/mol. The Hall–Kier alpha value is -4.87. The molecule has 9 nitrogen and oxygen atoms in total. The number of aromatic nitrogens is 2. The quantitative estimate of drug-likeness (QED) is 0.0445. The molecule has 1 saturated heterocycles. The zero-order valence-electron chi connectivity index (χ0n) is 28.9. The zero-order chi connectivity index (χ0) is 35.6. The number of hydrogen-bond acceptors (Lipinski definition) is 10. The van der Waals surface area contributed by atoms with Crippen molar-refractivity contribution < 1.29 is 28.9 Å². The van der Waals surface area contributed by atoms with Crippen LogP contribution in [0.4, 0.5) is 5.13 Å². The van der Waals surface area contributed by atoms with Gasteiger partial charge in [0.15, 0.2) is 15.8 Å². The van der Waals surface area contributed by atoms with Gasteiger partial charge >= 0.3 is 5.91 Å². The van der Waals surface area contributed by atoms with Crippen molar-refractivity contribution in [2.75, 3.05) is 18.1 Å². The monoisotopic (exact) mass is 721 g/mol. The summed E-state index contributed by atoms with van der Waals surface area (Å²) in [6.07, 6.45) is 1.55. The smallest absolute Gasteiger partial charge is 0.301 e. The summed E-state index contributed by atoms with van der Waals surface area (Å²) in [7, 11) is 0. The molecule has 3 heterocycles. The Morgan fingerprint density at radius 3 is 2.67 bits per heavy atom. The molecule has 0 spiro atoms. The van der Waals surface area contributed by atoms with Gasteiger partial charge in [0.05, 0.1) is 24.8 Å². The number of Topliss-reactive ketones (excluding diaryl/α,β-unsaturated/α-hetero) is 1. The van der Waals surface area contributed by atoms with Gasteiger partial charge in [0.2, 0.25) is 5.13 Å². The van der Waals surface area contributed by atoms with E-state index < -0.39 is 17.7 Å². The van der Waals surface area contributed by atoms with Crippen molar-refractivity contribution in [1.82, 2.24) is 10.2 Å². The van der Waals surface area contributed by atoms with Gasteiger partial charge in [0.1, 0.15) is 17.6 Å². The van der Waals surface area contributed by atoms with Crippen molar-refractivity contribution in [2.24, 2.45) is 5.92 Å². The molecule has 5 aromatic rings. The summed E-state index contributed by atoms with van der Waals surface area (Å²) in [5, 5.41) is 23.3. The number of ether oxygens (including phenoxy) is 3. The molecular formula is C40H39N3O6S2. The molecule has 11 heteroatoms. The van der Waals surface area contributed by atoms with Crippen molar-refractivity contribution in [3.8, 4) is 17.2 Å². The average Bonchev–Trinajstić information content (AvgIpc) is 3.82. The lowest BCUT2D eigenvalue weighted by Gasteiger charge is -2.24. The number of anilines is 1. The molecule has 7 rings (SSSR count). The lowest BCUT2D eigenvalue weighted by atomic mass is 9.94. The van der Waals surface area contributed by atoms with Crippen LogP contribution in [-0.2, 0) is 21.8 Å². The molecule has 0 saturated carbocycles. The van der Waals surface area contributed by atoms with Gasteiger partial charge in [-0.15, -0.1) is 10.2 Å². The van der Waals surface area contributed by atoms with Crippen LogP contribution in [0.15, 0.2) is 88.8 Å². The fraction of sp³-hybridized carbons (Fsp3) is 0.300. The summed E-state index contributed by atoms with van der Waals surface area (Å²) in [5.41, 5.74) is 3.04. The van der Waals surface area contributed by atoms with E-state index in [1.54, 1.807) is 30.3 Å². The lowest BCUT2D eigenvalue weighted by molar-refractivity contribution is -0.132. The van der Waals surface area contributed by atoms with Crippen LogP contribution in [0.25, 0.3) is 16.5 Å². The van der Waals surface area contributed by atoms with Crippen molar-refractivity contribution in [1.29, 1.82) is 0 Å². The standard InChI is InChI=1S/C40H39N3O6S2/c1-5-47-33-21-26(13-16-32(33)48-18-17-23(2)3)35-34(36(44)27-14-15-31-29(20-27)19-24(4)49-31)37(45)38(46)43(35)39-41-42-40(51-39)50-22-28-11-8-10-25-9-6-7-12-30(25)28/h6-16,20-21,23-24,35,44H,5,17-19,22H2,1-4H3/t24-,35-/m1/s1. The van der Waals surface area contributed by atoms with E-state index in [4.69, 9.17) is 14.2 Å². The lowest BCUT2D eigenvalue weighted by Crippen LogP contribution is -2.29. The van der Waals surface area contributed by atoms with Crippen LogP contribution in [0.1, 0.15) is 62.4 Å². The molecule has 1 aromatic heterocycles. The number of thioether (sulfide) groups is 1. The third-order valence-corrected chi connectivity index (χ3v) is 11.1. The number of carbonyl (C=O) groups excluding carboxylic acids is 2. The fourth-order valence-corrected chi connectivity index (χ4v) is 8.34. The predicted octanol–water partition coefficient (Wildman–Crippen LogP) is 8.76. The van der Waals surface area contributed by atoms with E-state index in [1.165, 1.54) is 28.0 Å². The normalized spacial score (nSPS) is 18.0. The largest absolute Gasteiger partial charge is 0.507 e. The van der Waals surface area contributed by atoms with Crippen molar-refractivity contribution in [3.63, 3.8) is 0 Å². The molecule has 2 aliphatic heterocycles. The van der Waals surface area contributed by atoms with E-state index in [9.17, 15) is 14.7 Å². The Balaban J connectivity index is 1.27. The van der Waals surface area contributed by atoms with E-state index in [-0.39, 0.29) is 22.6 Å². The van der Waals surface area contributed by atoms with Gasteiger partial charge in [-0.1, -0.05) is 85.5 Å². The molecule has 51 heavy (non-hydrogen) atoms. The maximum Gasteiger partial charge on any atom is 0.301 e. The van der Waals surface area contributed by atoms with Gasteiger partial charge in [-0.3, -0.25) is 14.5 Å². The third kappa shape index (κ3) is 7.05. The second-order valence-electron chi connectivity index (χ2n) is 13.1. The molecule has 0 aliphatic carbocycles. The first kappa shape index (κ1) is 34.6. The van der Waals surface area contributed by atoms with Gasteiger partial charge in [-0.2, -0.15) is 0 Å².